The van der Waals surface area contributed by atoms with Crippen molar-refractivity contribution in [2.45, 2.75) is 38.8 Å². The van der Waals surface area contributed by atoms with Crippen LogP contribution in [0.1, 0.15) is 25.8 Å². The minimum absolute atomic E-state index is 0.0121. The fraction of sp³-hybridized carbons (Fsp3) is 0.500. The summed E-state index contributed by atoms with van der Waals surface area (Å²) in [5, 5.41) is 2.76. The molecule has 5 heteroatoms. The highest BCUT2D eigenvalue weighted by atomic mass is 16.5. The van der Waals surface area contributed by atoms with Crippen molar-refractivity contribution < 1.29 is 14.3 Å². The molecular weight excluding hydrogens is 268 g/mol. The van der Waals surface area contributed by atoms with Gasteiger partial charge in [0.2, 0.25) is 11.8 Å². The minimum Gasteiger partial charge on any atom is -0.497 e. The van der Waals surface area contributed by atoms with Gasteiger partial charge >= 0.3 is 0 Å². The van der Waals surface area contributed by atoms with Crippen LogP contribution < -0.4 is 10.1 Å². The number of methoxy groups -OCH3 is 1. The lowest BCUT2D eigenvalue weighted by Gasteiger charge is -2.37. The summed E-state index contributed by atoms with van der Waals surface area (Å²) in [6.45, 7) is 4.23. The van der Waals surface area contributed by atoms with Gasteiger partial charge in [-0.1, -0.05) is 19.1 Å². The Hall–Kier alpha value is -2.04. The third-order valence-electron chi connectivity index (χ3n) is 3.95. The first-order valence-corrected chi connectivity index (χ1v) is 7.30. The van der Waals surface area contributed by atoms with Crippen molar-refractivity contribution in [3.8, 4) is 5.75 Å². The molecule has 2 amide bonds. The maximum Gasteiger partial charge on any atom is 0.245 e. The quantitative estimate of drug-likeness (QED) is 0.891. The second-order valence-corrected chi connectivity index (χ2v) is 5.28. The molecule has 1 aliphatic rings. The lowest BCUT2D eigenvalue weighted by Crippen LogP contribution is -2.62. The summed E-state index contributed by atoms with van der Waals surface area (Å²) in [4.78, 5) is 25.9. The third-order valence-corrected chi connectivity index (χ3v) is 3.95. The number of carbonyl (C=O) groups is 2. The van der Waals surface area contributed by atoms with E-state index in [0.717, 1.165) is 17.7 Å². The number of rotatable bonds is 5. The molecule has 5 nitrogen and oxygen atoms in total. The number of piperazine rings is 1. The van der Waals surface area contributed by atoms with E-state index < -0.39 is 6.04 Å². The molecule has 0 aliphatic carbocycles. The Labute approximate surface area is 125 Å². The molecule has 1 heterocycles. The van der Waals surface area contributed by atoms with Gasteiger partial charge in [-0.25, -0.2) is 0 Å². The van der Waals surface area contributed by atoms with E-state index in [1.165, 1.54) is 0 Å². The number of hydrogen-bond acceptors (Lipinski definition) is 3. The number of ether oxygens (including phenoxy) is 1. The van der Waals surface area contributed by atoms with Crippen molar-refractivity contribution in [2.24, 2.45) is 0 Å². The van der Waals surface area contributed by atoms with Gasteiger partial charge in [0.1, 0.15) is 17.8 Å². The average Bonchev–Trinajstić information content (AvgIpc) is 2.51. The van der Waals surface area contributed by atoms with Gasteiger partial charge in [0.05, 0.1) is 7.11 Å². The Morgan fingerprint density at radius 1 is 1.24 bits per heavy atom. The molecule has 114 valence electrons. The molecule has 1 aromatic carbocycles. The molecule has 1 saturated heterocycles. The lowest BCUT2D eigenvalue weighted by molar-refractivity contribution is -0.148. The fourth-order valence-electron chi connectivity index (χ4n) is 2.51. The fourth-order valence-corrected chi connectivity index (χ4v) is 2.51. The van der Waals surface area contributed by atoms with Crippen LogP contribution in [0, 0.1) is 0 Å². The molecule has 1 aromatic rings. The first-order chi connectivity index (χ1) is 10.1. The van der Waals surface area contributed by atoms with Crippen LogP contribution in [-0.2, 0) is 16.0 Å². The summed E-state index contributed by atoms with van der Waals surface area (Å²) >= 11 is 0. The number of carbonyl (C=O) groups excluding carboxylic acids is 2. The molecule has 0 bridgehead atoms. The van der Waals surface area contributed by atoms with Crippen LogP contribution in [0.2, 0.25) is 0 Å². The summed E-state index contributed by atoms with van der Waals surface area (Å²) in [5.41, 5.74) is 1.12. The number of nitrogens with zero attached hydrogens (tertiary/aromatic N) is 1. The van der Waals surface area contributed by atoms with Crippen molar-refractivity contribution in [3.63, 3.8) is 0 Å². The summed E-state index contributed by atoms with van der Waals surface area (Å²) in [5.74, 6) is 0.751. The zero-order valence-electron chi connectivity index (χ0n) is 12.8. The normalized spacial score (nSPS) is 22.1. The van der Waals surface area contributed by atoms with E-state index in [-0.39, 0.29) is 17.9 Å². The van der Waals surface area contributed by atoms with Gasteiger partial charge in [-0.2, -0.15) is 0 Å². The zero-order valence-corrected chi connectivity index (χ0v) is 12.8. The predicted molar refractivity (Wildman–Crippen MR) is 80.1 cm³/mol. The van der Waals surface area contributed by atoms with Crippen LogP contribution in [0.15, 0.2) is 24.3 Å². The molecule has 1 fully saturated rings. The maximum atomic E-state index is 12.3. The van der Waals surface area contributed by atoms with Gasteiger partial charge in [0, 0.05) is 6.54 Å². The molecule has 1 N–H and O–H groups in total. The van der Waals surface area contributed by atoms with Crippen LogP contribution in [0.25, 0.3) is 0 Å². The van der Waals surface area contributed by atoms with Crippen molar-refractivity contribution in [1.29, 1.82) is 0 Å². The molecule has 21 heavy (non-hydrogen) atoms. The van der Waals surface area contributed by atoms with Gasteiger partial charge < -0.3 is 15.0 Å². The Balaban J connectivity index is 2.02. The van der Waals surface area contributed by atoms with Crippen LogP contribution >= 0.6 is 0 Å². The van der Waals surface area contributed by atoms with Crippen LogP contribution in [0.3, 0.4) is 0 Å². The molecule has 0 radical (unpaired) electrons. The van der Waals surface area contributed by atoms with Crippen LogP contribution in [0.4, 0.5) is 0 Å². The number of nitrogens with one attached hydrogen (secondary N) is 1. The molecule has 0 saturated carbocycles. The molecule has 2 rings (SSSR count). The summed E-state index contributed by atoms with van der Waals surface area (Å²) in [6.07, 6.45) is 1.35. The first kappa shape index (κ1) is 15.4. The Kier molecular flexibility index (Phi) is 4.83. The predicted octanol–water partition coefficient (Wildman–Crippen LogP) is 1.36. The van der Waals surface area contributed by atoms with E-state index in [2.05, 4.69) is 5.32 Å². The molecule has 0 spiro atoms. The highest BCUT2D eigenvalue weighted by Gasteiger charge is 2.36. The topological polar surface area (TPSA) is 58.6 Å². The molecule has 1 aliphatic heterocycles. The van der Waals surface area contributed by atoms with Crippen LogP contribution in [0.5, 0.6) is 5.75 Å². The van der Waals surface area contributed by atoms with E-state index in [4.69, 9.17) is 4.74 Å². The Morgan fingerprint density at radius 2 is 1.90 bits per heavy atom. The second-order valence-electron chi connectivity index (χ2n) is 5.28. The smallest absolute Gasteiger partial charge is 0.245 e. The second kappa shape index (κ2) is 6.61. The molecule has 0 aromatic heterocycles. The minimum atomic E-state index is -0.404. The van der Waals surface area contributed by atoms with E-state index in [1.54, 1.807) is 18.9 Å². The van der Waals surface area contributed by atoms with E-state index in [0.29, 0.717) is 13.0 Å². The van der Waals surface area contributed by atoms with Crippen molar-refractivity contribution in [1.82, 2.24) is 10.2 Å². The molecule has 2 unspecified atom stereocenters. The highest BCUT2D eigenvalue weighted by Crippen LogP contribution is 2.15. The van der Waals surface area contributed by atoms with Gasteiger partial charge in [-0.3, -0.25) is 9.59 Å². The monoisotopic (exact) mass is 290 g/mol. The first-order valence-electron chi connectivity index (χ1n) is 7.30. The lowest BCUT2D eigenvalue weighted by atomic mass is 10.0. The van der Waals surface area contributed by atoms with Gasteiger partial charge in [-0.15, -0.1) is 0 Å². The van der Waals surface area contributed by atoms with E-state index in [1.807, 2.05) is 31.2 Å². The van der Waals surface area contributed by atoms with Crippen molar-refractivity contribution in [3.05, 3.63) is 29.8 Å². The number of amides is 2. The number of hydrogen-bond donors (Lipinski definition) is 1. The SMILES string of the molecule is CCC1NC(=O)C(C)N(CCc2ccc(OC)cc2)C1=O. The zero-order chi connectivity index (χ0) is 15.4. The van der Waals surface area contributed by atoms with E-state index in [9.17, 15) is 9.59 Å². The third kappa shape index (κ3) is 3.35. The van der Waals surface area contributed by atoms with Gasteiger partial charge in [-0.05, 0) is 37.5 Å². The van der Waals surface area contributed by atoms with Crippen molar-refractivity contribution >= 4 is 11.8 Å². The van der Waals surface area contributed by atoms with Gasteiger partial charge in [0.15, 0.2) is 0 Å². The summed E-state index contributed by atoms with van der Waals surface area (Å²) in [7, 11) is 1.63. The Morgan fingerprint density at radius 3 is 2.48 bits per heavy atom. The number of benzene rings is 1. The van der Waals surface area contributed by atoms with E-state index >= 15 is 0 Å². The highest BCUT2D eigenvalue weighted by molar-refractivity contribution is 5.96. The van der Waals surface area contributed by atoms with Crippen molar-refractivity contribution in [2.75, 3.05) is 13.7 Å². The average molecular weight is 290 g/mol. The summed E-state index contributed by atoms with van der Waals surface area (Å²) in [6, 6.07) is 6.98. The molecule has 2 atom stereocenters. The largest absolute Gasteiger partial charge is 0.497 e. The van der Waals surface area contributed by atoms with Gasteiger partial charge in [0.25, 0.3) is 0 Å². The maximum absolute atomic E-state index is 12.3. The standard InChI is InChI=1S/C16H22N2O3/c1-4-14-16(20)18(11(2)15(19)17-14)10-9-12-5-7-13(21-3)8-6-12/h5-8,11,14H,4,9-10H2,1-3H3,(H,17,19). The van der Waals surface area contributed by atoms with Crippen LogP contribution in [-0.4, -0.2) is 42.5 Å². The molecular formula is C16H22N2O3. The summed E-state index contributed by atoms with van der Waals surface area (Å²) < 4.78 is 5.12. The Bertz CT molecular complexity index is 513.